The van der Waals surface area contributed by atoms with Crippen LogP contribution >= 0.6 is 0 Å². The molecule has 6 heteroatoms. The summed E-state index contributed by atoms with van der Waals surface area (Å²) in [5, 5.41) is 1.78. The first-order valence-electron chi connectivity index (χ1n) is 12.6. The van der Waals surface area contributed by atoms with Gasteiger partial charge in [-0.15, -0.1) is 0 Å². The summed E-state index contributed by atoms with van der Waals surface area (Å²) in [5.41, 5.74) is 8.55. The second kappa shape index (κ2) is 9.96. The number of allylic oxidation sites excluding steroid dienone is 2. The van der Waals surface area contributed by atoms with Crippen molar-refractivity contribution in [3.05, 3.63) is 94.1 Å². The van der Waals surface area contributed by atoms with Gasteiger partial charge in [-0.1, -0.05) is 42.5 Å². The Morgan fingerprint density at radius 1 is 1.17 bits per heavy atom. The molecule has 0 aromatic heterocycles. The third-order valence-corrected chi connectivity index (χ3v) is 7.12. The fraction of sp³-hybridized carbons (Fsp3) is 0.367. The first kappa shape index (κ1) is 24.3. The molecule has 3 aliphatic rings. The van der Waals surface area contributed by atoms with E-state index in [1.165, 1.54) is 24.0 Å². The lowest BCUT2D eigenvalue weighted by Gasteiger charge is -2.38. The minimum atomic E-state index is 0.489. The Kier molecular flexibility index (Phi) is 6.73. The molecule has 0 spiro atoms. The van der Waals surface area contributed by atoms with Crippen molar-refractivity contribution >= 4 is 11.3 Å². The zero-order chi connectivity index (χ0) is 25.4. The van der Waals surface area contributed by atoms with E-state index >= 15 is 0 Å². The smallest absolute Gasteiger partial charge is 0.157 e. The van der Waals surface area contributed by atoms with Crippen LogP contribution in [0.5, 0.6) is 5.75 Å². The topological polar surface area (TPSA) is 63.3 Å². The summed E-state index contributed by atoms with van der Waals surface area (Å²) in [6, 6.07) is 14.8. The number of hydrogen-bond donors (Lipinski definition) is 1. The molecule has 1 saturated carbocycles. The number of aryl methyl sites for hydroxylation is 2. The summed E-state index contributed by atoms with van der Waals surface area (Å²) in [7, 11) is 1.68. The number of nitrogens with zero attached hydrogens (tertiary/aromatic N) is 3. The summed E-state index contributed by atoms with van der Waals surface area (Å²) in [5.74, 6) is 10.2. The van der Waals surface area contributed by atoms with Crippen molar-refractivity contribution in [3.63, 3.8) is 0 Å². The molecule has 1 aliphatic carbocycles. The molecule has 36 heavy (non-hydrogen) atoms. The Morgan fingerprint density at radius 3 is 2.56 bits per heavy atom. The van der Waals surface area contributed by atoms with Gasteiger partial charge in [-0.05, 0) is 73.9 Å². The lowest BCUT2D eigenvalue weighted by molar-refractivity contribution is 0.203. The molecule has 2 aromatic rings. The molecule has 188 valence electrons. The number of benzene rings is 2. The van der Waals surface area contributed by atoms with Gasteiger partial charge in [0.2, 0.25) is 0 Å². The molecule has 0 atom stereocenters. The summed E-state index contributed by atoms with van der Waals surface area (Å²) in [6.45, 7) is 13.3. The maximum absolute atomic E-state index is 6.98. The van der Waals surface area contributed by atoms with Crippen LogP contribution in [0.4, 0.5) is 0 Å². The molecule has 0 bridgehead atoms. The predicted molar refractivity (Wildman–Crippen MR) is 145 cm³/mol. The lowest BCUT2D eigenvalue weighted by Crippen LogP contribution is -2.44. The van der Waals surface area contributed by atoms with Gasteiger partial charge in [0.1, 0.15) is 11.6 Å². The number of rotatable bonds is 8. The van der Waals surface area contributed by atoms with E-state index in [0.29, 0.717) is 25.0 Å². The molecule has 0 amide bonds. The van der Waals surface area contributed by atoms with E-state index in [1.807, 2.05) is 19.1 Å². The van der Waals surface area contributed by atoms with Crippen LogP contribution in [0.3, 0.4) is 0 Å². The maximum Gasteiger partial charge on any atom is 0.157 e. The molecule has 5 rings (SSSR count). The molecule has 2 heterocycles. The van der Waals surface area contributed by atoms with Crippen molar-refractivity contribution in [2.75, 3.05) is 26.9 Å². The third kappa shape index (κ3) is 4.84. The van der Waals surface area contributed by atoms with Crippen LogP contribution in [0, 0.1) is 19.8 Å². The zero-order valence-electron chi connectivity index (χ0n) is 21.8. The van der Waals surface area contributed by atoms with Crippen LogP contribution in [0.2, 0.25) is 0 Å². The second-order valence-electron chi connectivity index (χ2n) is 10.2. The normalized spacial score (nSPS) is 18.7. The van der Waals surface area contributed by atoms with Gasteiger partial charge in [0, 0.05) is 24.2 Å². The average Bonchev–Trinajstić information content (AvgIpc) is 3.55. The Bertz CT molecular complexity index is 1270. The summed E-state index contributed by atoms with van der Waals surface area (Å²) in [4.78, 5) is 7.48. The fourth-order valence-electron chi connectivity index (χ4n) is 5.00. The number of hydrazine groups is 1. The molecule has 1 saturated heterocycles. The predicted octanol–water partition coefficient (Wildman–Crippen LogP) is 5.34. The van der Waals surface area contributed by atoms with E-state index in [9.17, 15) is 0 Å². The largest absolute Gasteiger partial charge is 0.497 e. The van der Waals surface area contributed by atoms with Gasteiger partial charge < -0.3 is 14.4 Å². The average molecular weight is 485 g/mol. The van der Waals surface area contributed by atoms with Crippen molar-refractivity contribution < 1.29 is 9.47 Å². The van der Waals surface area contributed by atoms with Gasteiger partial charge in [0.15, 0.2) is 5.82 Å². The molecule has 2 N–H and O–H groups in total. The van der Waals surface area contributed by atoms with E-state index < -0.39 is 0 Å². The number of ether oxygens (including phenoxy) is 2. The third-order valence-electron chi connectivity index (χ3n) is 7.12. The minimum absolute atomic E-state index is 0.489. The highest BCUT2D eigenvalue weighted by molar-refractivity contribution is 6.05. The molecule has 0 unspecified atom stereocenters. The van der Waals surface area contributed by atoms with Crippen LogP contribution in [-0.4, -0.2) is 42.5 Å². The van der Waals surface area contributed by atoms with Crippen LogP contribution in [0.1, 0.15) is 42.0 Å². The van der Waals surface area contributed by atoms with Crippen LogP contribution in [-0.2, 0) is 11.3 Å². The molecular weight excluding hydrogens is 448 g/mol. The monoisotopic (exact) mass is 484 g/mol. The first-order valence-corrected chi connectivity index (χ1v) is 12.6. The SMILES string of the molecule is C=C(C)/C(=C1/N=C2COCC2=C(N(Cc2ccc(C)cc2)CC2CC2)N1N)c1ccc(OC)cc1C. The molecule has 0 radical (unpaired) electrons. The number of fused-ring (bicyclic) bond motifs is 1. The highest BCUT2D eigenvalue weighted by atomic mass is 16.5. The second-order valence-corrected chi connectivity index (χ2v) is 10.2. The zero-order valence-corrected chi connectivity index (χ0v) is 21.8. The van der Waals surface area contributed by atoms with Gasteiger partial charge >= 0.3 is 0 Å². The van der Waals surface area contributed by atoms with Crippen molar-refractivity contribution in [2.45, 2.75) is 40.2 Å². The Hall–Kier alpha value is -3.35. The minimum Gasteiger partial charge on any atom is -0.497 e. The summed E-state index contributed by atoms with van der Waals surface area (Å²) >= 11 is 0. The van der Waals surface area contributed by atoms with Crippen molar-refractivity contribution in [1.29, 1.82) is 0 Å². The van der Waals surface area contributed by atoms with Crippen molar-refractivity contribution in [1.82, 2.24) is 9.91 Å². The van der Waals surface area contributed by atoms with Crippen molar-refractivity contribution in [3.8, 4) is 5.75 Å². The van der Waals surface area contributed by atoms with E-state index in [4.69, 9.17) is 20.3 Å². The Balaban J connectivity index is 1.62. The lowest BCUT2D eigenvalue weighted by atomic mass is 9.94. The Morgan fingerprint density at radius 2 is 1.92 bits per heavy atom. The summed E-state index contributed by atoms with van der Waals surface area (Å²) < 4.78 is 11.3. The quantitative estimate of drug-likeness (QED) is 0.513. The van der Waals surface area contributed by atoms with Gasteiger partial charge in [-0.2, -0.15) is 0 Å². The standard InChI is InChI=1S/C30H36N4O2/c1-19(2)28(25-13-12-24(35-5)14-21(25)4)29-32-27-18-36-17-26(27)30(34(29)31)33(16-23-10-11-23)15-22-8-6-20(3)7-9-22/h6-9,12-14,23H,1,10-11,15-18,31H2,2-5H3/b29-28+. The number of nitrogens with two attached hydrogens (primary N) is 1. The highest BCUT2D eigenvalue weighted by Crippen LogP contribution is 2.39. The van der Waals surface area contributed by atoms with E-state index in [2.05, 4.69) is 55.7 Å². The van der Waals surface area contributed by atoms with Gasteiger partial charge in [-0.3, -0.25) is 0 Å². The summed E-state index contributed by atoms with van der Waals surface area (Å²) in [6.07, 6.45) is 2.53. The van der Waals surface area contributed by atoms with E-state index in [1.54, 1.807) is 12.1 Å². The molecule has 2 aliphatic heterocycles. The van der Waals surface area contributed by atoms with E-state index in [-0.39, 0.29) is 0 Å². The van der Waals surface area contributed by atoms with Gasteiger partial charge in [-0.25, -0.2) is 15.8 Å². The first-order chi connectivity index (χ1) is 17.4. The van der Waals surface area contributed by atoms with Gasteiger partial charge in [0.05, 0.1) is 26.0 Å². The number of methoxy groups -OCH3 is 1. The fourth-order valence-corrected chi connectivity index (χ4v) is 5.00. The molecule has 6 nitrogen and oxygen atoms in total. The molecule has 2 aromatic carbocycles. The maximum atomic E-state index is 6.98. The molecule has 2 fully saturated rings. The number of hydrogen-bond acceptors (Lipinski definition) is 6. The van der Waals surface area contributed by atoms with Crippen molar-refractivity contribution in [2.24, 2.45) is 16.8 Å². The van der Waals surface area contributed by atoms with E-state index in [0.717, 1.165) is 58.2 Å². The Labute approximate surface area is 214 Å². The van der Waals surface area contributed by atoms with Crippen LogP contribution < -0.4 is 10.6 Å². The van der Waals surface area contributed by atoms with Crippen LogP contribution in [0.25, 0.3) is 5.57 Å². The van der Waals surface area contributed by atoms with Crippen LogP contribution in [0.15, 0.2) is 76.8 Å². The highest BCUT2D eigenvalue weighted by Gasteiger charge is 2.36. The molecular formula is C30H36N4O2. The number of aliphatic imine (C=N–C) groups is 1. The van der Waals surface area contributed by atoms with Gasteiger partial charge in [0.25, 0.3) is 0 Å².